The van der Waals surface area contributed by atoms with Crippen LogP contribution in [0.15, 0.2) is 59.6 Å². The van der Waals surface area contributed by atoms with E-state index in [9.17, 15) is 0 Å². The van der Waals surface area contributed by atoms with Gasteiger partial charge in [0, 0.05) is 13.1 Å². The van der Waals surface area contributed by atoms with Crippen LogP contribution < -0.4 is 10.6 Å². The molecule has 0 saturated heterocycles. The maximum absolute atomic E-state index is 4.75. The van der Waals surface area contributed by atoms with Crippen molar-refractivity contribution in [3.05, 3.63) is 66.0 Å². The minimum absolute atomic E-state index is 0. The number of para-hydroxylation sites is 2. The topological polar surface area (TPSA) is 54.2 Å². The molecule has 3 rings (SSSR count). The number of aromatic nitrogens is 2. The molecule has 0 aliphatic carbocycles. The van der Waals surface area contributed by atoms with Gasteiger partial charge in [0.25, 0.3) is 0 Å². The molecule has 0 saturated carbocycles. The molecule has 0 fully saturated rings. The van der Waals surface area contributed by atoms with Gasteiger partial charge in [0.05, 0.1) is 23.6 Å². The van der Waals surface area contributed by atoms with Crippen molar-refractivity contribution in [2.75, 3.05) is 13.1 Å². The van der Waals surface area contributed by atoms with Crippen LogP contribution in [0.5, 0.6) is 0 Å². The lowest BCUT2D eigenvalue weighted by atomic mass is 10.1. The quantitative estimate of drug-likeness (QED) is 0.317. The van der Waals surface area contributed by atoms with E-state index in [2.05, 4.69) is 76.5 Å². The van der Waals surface area contributed by atoms with Crippen molar-refractivity contribution in [1.82, 2.24) is 20.2 Å². The Morgan fingerprint density at radius 1 is 1.11 bits per heavy atom. The highest BCUT2D eigenvalue weighted by Crippen LogP contribution is 2.15. The minimum Gasteiger partial charge on any atom is -0.357 e. The molecule has 0 spiro atoms. The largest absolute Gasteiger partial charge is 0.357 e. The summed E-state index contributed by atoms with van der Waals surface area (Å²) in [6.45, 7) is 8.61. The number of halogens is 1. The third kappa shape index (κ3) is 5.45. The van der Waals surface area contributed by atoms with E-state index >= 15 is 0 Å². The Morgan fingerprint density at radius 2 is 1.81 bits per heavy atom. The summed E-state index contributed by atoms with van der Waals surface area (Å²) in [4.78, 5) is 9.37. The number of fused-ring (bicyclic) bond motifs is 1. The summed E-state index contributed by atoms with van der Waals surface area (Å²) in [6.07, 6.45) is 0. The van der Waals surface area contributed by atoms with Gasteiger partial charge in [0.1, 0.15) is 5.82 Å². The van der Waals surface area contributed by atoms with Crippen LogP contribution in [-0.4, -0.2) is 28.6 Å². The number of aliphatic imine (C=N–C) groups is 1. The zero-order valence-corrected chi connectivity index (χ0v) is 18.5. The van der Waals surface area contributed by atoms with Crippen LogP contribution in [0.3, 0.4) is 0 Å². The van der Waals surface area contributed by atoms with Gasteiger partial charge in [-0.25, -0.2) is 4.98 Å². The van der Waals surface area contributed by atoms with E-state index in [4.69, 9.17) is 4.99 Å². The van der Waals surface area contributed by atoms with Crippen molar-refractivity contribution >= 4 is 41.0 Å². The Bertz CT molecular complexity index is 873. The molecular formula is C21H28IN5. The van der Waals surface area contributed by atoms with Gasteiger partial charge in [-0.1, -0.05) is 42.5 Å². The molecule has 0 amide bonds. The lowest BCUT2D eigenvalue weighted by Crippen LogP contribution is -2.39. The zero-order chi connectivity index (χ0) is 18.4. The van der Waals surface area contributed by atoms with E-state index in [0.717, 1.165) is 35.9 Å². The maximum Gasteiger partial charge on any atom is 0.191 e. The average molecular weight is 477 g/mol. The predicted octanol–water partition coefficient (Wildman–Crippen LogP) is 4.28. The average Bonchev–Trinajstić information content (AvgIpc) is 2.98. The number of hydrogen-bond donors (Lipinski definition) is 2. The second-order valence-corrected chi connectivity index (χ2v) is 6.34. The van der Waals surface area contributed by atoms with Crippen LogP contribution in [0, 0.1) is 6.92 Å². The lowest BCUT2D eigenvalue weighted by Gasteiger charge is -2.18. The Balaban J connectivity index is 0.00000261. The number of aryl methyl sites for hydroxylation is 1. The normalized spacial score (nSPS) is 12.5. The van der Waals surface area contributed by atoms with E-state index in [1.165, 1.54) is 5.56 Å². The molecule has 2 aromatic carbocycles. The fourth-order valence-electron chi connectivity index (χ4n) is 3.09. The first-order valence-electron chi connectivity index (χ1n) is 9.20. The molecule has 1 aromatic heterocycles. The fourth-order valence-corrected chi connectivity index (χ4v) is 3.09. The zero-order valence-electron chi connectivity index (χ0n) is 16.1. The van der Waals surface area contributed by atoms with Crippen molar-refractivity contribution in [2.24, 2.45) is 4.99 Å². The van der Waals surface area contributed by atoms with E-state index in [0.29, 0.717) is 6.54 Å². The number of nitrogens with one attached hydrogen (secondary N) is 2. The molecule has 1 atom stereocenters. The molecule has 5 nitrogen and oxygen atoms in total. The van der Waals surface area contributed by atoms with Gasteiger partial charge in [-0.3, -0.25) is 4.99 Å². The number of rotatable bonds is 6. The van der Waals surface area contributed by atoms with Gasteiger partial charge >= 0.3 is 0 Å². The van der Waals surface area contributed by atoms with Crippen LogP contribution in [-0.2, 0) is 6.54 Å². The van der Waals surface area contributed by atoms with Crippen molar-refractivity contribution < 1.29 is 0 Å². The van der Waals surface area contributed by atoms with Crippen LogP contribution in [0.1, 0.15) is 31.3 Å². The minimum atomic E-state index is 0. The number of hydrogen-bond acceptors (Lipinski definition) is 2. The first kappa shape index (κ1) is 21.2. The molecule has 0 bridgehead atoms. The van der Waals surface area contributed by atoms with Crippen molar-refractivity contribution in [3.8, 4) is 0 Å². The van der Waals surface area contributed by atoms with Crippen LogP contribution >= 0.6 is 24.0 Å². The molecule has 144 valence electrons. The molecular weight excluding hydrogens is 449 g/mol. The molecule has 0 aliphatic heterocycles. The summed E-state index contributed by atoms with van der Waals surface area (Å²) in [5.74, 6) is 1.86. The van der Waals surface area contributed by atoms with Crippen molar-refractivity contribution in [3.63, 3.8) is 0 Å². The highest BCUT2D eigenvalue weighted by molar-refractivity contribution is 14.0. The number of benzene rings is 2. The molecule has 2 N–H and O–H groups in total. The highest BCUT2D eigenvalue weighted by atomic mass is 127. The summed E-state index contributed by atoms with van der Waals surface area (Å²) in [5, 5.41) is 6.81. The third-order valence-corrected chi connectivity index (χ3v) is 4.44. The van der Waals surface area contributed by atoms with E-state index in [1.54, 1.807) is 0 Å². The molecule has 27 heavy (non-hydrogen) atoms. The Morgan fingerprint density at radius 3 is 2.56 bits per heavy atom. The summed E-state index contributed by atoms with van der Waals surface area (Å²) >= 11 is 0. The van der Waals surface area contributed by atoms with Crippen molar-refractivity contribution in [1.29, 1.82) is 0 Å². The highest BCUT2D eigenvalue weighted by Gasteiger charge is 2.08. The second-order valence-electron chi connectivity index (χ2n) is 6.34. The van der Waals surface area contributed by atoms with Gasteiger partial charge in [-0.2, -0.15) is 0 Å². The van der Waals surface area contributed by atoms with E-state index in [-0.39, 0.29) is 30.0 Å². The first-order valence-corrected chi connectivity index (χ1v) is 9.20. The smallest absolute Gasteiger partial charge is 0.191 e. The predicted molar refractivity (Wildman–Crippen MR) is 124 cm³/mol. The summed E-state index contributed by atoms with van der Waals surface area (Å²) in [6, 6.07) is 18.8. The van der Waals surface area contributed by atoms with Gasteiger partial charge in [0.2, 0.25) is 0 Å². The number of nitrogens with zero attached hydrogens (tertiary/aromatic N) is 3. The summed E-state index contributed by atoms with van der Waals surface area (Å²) < 4.78 is 2.23. The van der Waals surface area contributed by atoms with Crippen LogP contribution in [0.2, 0.25) is 0 Å². The van der Waals surface area contributed by atoms with Gasteiger partial charge in [-0.15, -0.1) is 24.0 Å². The SMILES string of the molecule is CCNC(=NCCn1c(C)nc2ccccc21)NC(C)c1ccccc1.I. The fraction of sp³-hybridized carbons (Fsp3) is 0.333. The van der Waals surface area contributed by atoms with Crippen molar-refractivity contribution in [2.45, 2.75) is 33.4 Å². The Hall–Kier alpha value is -2.09. The summed E-state index contributed by atoms with van der Waals surface area (Å²) in [5.41, 5.74) is 3.45. The molecule has 1 heterocycles. The molecule has 0 aliphatic rings. The number of imidazole rings is 1. The van der Waals surface area contributed by atoms with Gasteiger partial charge < -0.3 is 15.2 Å². The number of guanidine groups is 1. The molecule has 0 radical (unpaired) electrons. The molecule has 1 unspecified atom stereocenters. The standard InChI is InChI=1S/C21H27N5.HI/c1-4-22-21(24-16(2)18-10-6-5-7-11-18)23-14-15-26-17(3)25-19-12-8-9-13-20(19)26;/h5-13,16H,4,14-15H2,1-3H3,(H2,22,23,24);1H. The first-order chi connectivity index (χ1) is 12.7. The lowest BCUT2D eigenvalue weighted by molar-refractivity contribution is 0.667. The molecule has 6 heteroatoms. The van der Waals surface area contributed by atoms with E-state index < -0.39 is 0 Å². The Kier molecular flexibility index (Phi) is 8.09. The summed E-state index contributed by atoms with van der Waals surface area (Å²) in [7, 11) is 0. The second kappa shape index (κ2) is 10.3. The molecule has 3 aromatic rings. The Labute approximate surface area is 178 Å². The van der Waals surface area contributed by atoms with Crippen LogP contribution in [0.25, 0.3) is 11.0 Å². The van der Waals surface area contributed by atoms with Gasteiger partial charge in [-0.05, 0) is 38.5 Å². The third-order valence-electron chi connectivity index (χ3n) is 4.44. The van der Waals surface area contributed by atoms with Crippen LogP contribution in [0.4, 0.5) is 0 Å². The van der Waals surface area contributed by atoms with E-state index in [1.807, 2.05) is 19.1 Å². The van der Waals surface area contributed by atoms with Gasteiger partial charge in [0.15, 0.2) is 5.96 Å². The monoisotopic (exact) mass is 477 g/mol. The maximum atomic E-state index is 4.75.